The lowest BCUT2D eigenvalue weighted by molar-refractivity contribution is -0.132. The van der Waals surface area contributed by atoms with Gasteiger partial charge in [-0.25, -0.2) is 13.6 Å². The number of ether oxygens (including phenoxy) is 1. The molecule has 2 N–H and O–H groups in total. The summed E-state index contributed by atoms with van der Waals surface area (Å²) in [7, 11) is -2.33. The number of hydrogen-bond acceptors (Lipinski definition) is 4. The molecule has 1 fully saturated rings. The highest BCUT2D eigenvalue weighted by molar-refractivity contribution is 9.10. The molecule has 0 aliphatic heterocycles. The highest BCUT2D eigenvalue weighted by Crippen LogP contribution is 2.35. The van der Waals surface area contributed by atoms with Crippen LogP contribution in [0.5, 0.6) is 5.75 Å². The Morgan fingerprint density at radius 3 is 2.67 bits per heavy atom. The smallest absolute Gasteiger partial charge is 0.260 e. The zero-order valence-electron chi connectivity index (χ0n) is 11.2. The van der Waals surface area contributed by atoms with Crippen molar-refractivity contribution in [2.24, 2.45) is 5.14 Å². The number of carbonyl (C=O) groups is 1. The van der Waals surface area contributed by atoms with Crippen LogP contribution in [0.2, 0.25) is 5.02 Å². The van der Waals surface area contributed by atoms with Crippen LogP contribution in [0, 0.1) is 0 Å². The normalized spacial score (nSPS) is 14.9. The van der Waals surface area contributed by atoms with E-state index in [2.05, 4.69) is 15.9 Å². The molecule has 0 saturated heterocycles. The Bertz CT molecular complexity index is 676. The summed E-state index contributed by atoms with van der Waals surface area (Å²) in [5.41, 5.74) is 0. The minimum Gasteiger partial charge on any atom is -0.481 e. The number of amides is 1. The van der Waals surface area contributed by atoms with Gasteiger partial charge in [-0.05, 0) is 25.0 Å². The summed E-state index contributed by atoms with van der Waals surface area (Å²) in [5, 5.41) is 5.20. The topological polar surface area (TPSA) is 89.7 Å². The van der Waals surface area contributed by atoms with Gasteiger partial charge in [0.1, 0.15) is 4.90 Å². The average molecular weight is 398 g/mol. The average Bonchev–Trinajstić information content (AvgIpc) is 3.18. The lowest BCUT2D eigenvalue weighted by atomic mass is 10.3. The molecule has 6 nitrogen and oxygen atoms in total. The number of primary sulfonamides is 1. The monoisotopic (exact) mass is 396 g/mol. The largest absolute Gasteiger partial charge is 0.481 e. The maximum absolute atomic E-state index is 11.9. The van der Waals surface area contributed by atoms with Crippen molar-refractivity contribution in [3.05, 3.63) is 21.6 Å². The number of carbonyl (C=O) groups excluding carboxylic acids is 1. The zero-order chi connectivity index (χ0) is 15.8. The van der Waals surface area contributed by atoms with E-state index < -0.39 is 10.0 Å². The van der Waals surface area contributed by atoms with Gasteiger partial charge < -0.3 is 9.64 Å². The predicted molar refractivity (Wildman–Crippen MR) is 81.8 cm³/mol. The summed E-state index contributed by atoms with van der Waals surface area (Å²) >= 11 is 9.11. The van der Waals surface area contributed by atoms with E-state index in [1.54, 1.807) is 11.9 Å². The van der Waals surface area contributed by atoms with Crippen molar-refractivity contribution in [2.75, 3.05) is 13.7 Å². The van der Waals surface area contributed by atoms with Gasteiger partial charge in [0.25, 0.3) is 5.91 Å². The third-order valence-electron chi connectivity index (χ3n) is 3.11. The summed E-state index contributed by atoms with van der Waals surface area (Å²) in [6.45, 7) is -0.295. The lowest BCUT2D eigenvalue weighted by Gasteiger charge is -2.18. The minimum atomic E-state index is -4.01. The van der Waals surface area contributed by atoms with Crippen LogP contribution in [0.15, 0.2) is 21.5 Å². The third-order valence-corrected chi connectivity index (χ3v) is 4.76. The van der Waals surface area contributed by atoms with E-state index in [9.17, 15) is 13.2 Å². The van der Waals surface area contributed by atoms with Gasteiger partial charge in [0.05, 0.1) is 5.02 Å². The molecule has 1 amide bonds. The maximum Gasteiger partial charge on any atom is 0.260 e. The van der Waals surface area contributed by atoms with E-state index in [-0.39, 0.29) is 34.2 Å². The van der Waals surface area contributed by atoms with Crippen LogP contribution < -0.4 is 9.88 Å². The van der Waals surface area contributed by atoms with Crippen molar-refractivity contribution in [3.8, 4) is 5.75 Å². The second-order valence-corrected chi connectivity index (χ2v) is 7.64. The van der Waals surface area contributed by atoms with Gasteiger partial charge in [0.15, 0.2) is 12.4 Å². The number of benzene rings is 1. The molecule has 21 heavy (non-hydrogen) atoms. The Labute approximate surface area is 136 Å². The molecule has 0 heterocycles. The van der Waals surface area contributed by atoms with E-state index in [0.29, 0.717) is 4.47 Å². The van der Waals surface area contributed by atoms with Gasteiger partial charge in [-0.2, -0.15) is 0 Å². The summed E-state index contributed by atoms with van der Waals surface area (Å²) in [6.07, 6.45) is 1.95. The first kappa shape index (κ1) is 16.5. The van der Waals surface area contributed by atoms with E-state index in [1.165, 1.54) is 12.1 Å². The number of sulfonamides is 1. The number of halogens is 2. The first-order valence-corrected chi connectivity index (χ1v) is 8.82. The lowest BCUT2D eigenvalue weighted by Crippen LogP contribution is -2.33. The zero-order valence-corrected chi connectivity index (χ0v) is 14.3. The molecule has 2 rings (SSSR count). The number of nitrogens with zero attached hydrogens (tertiary/aromatic N) is 1. The van der Waals surface area contributed by atoms with Crippen molar-refractivity contribution in [1.29, 1.82) is 0 Å². The first-order chi connectivity index (χ1) is 9.70. The first-order valence-electron chi connectivity index (χ1n) is 6.10. The molecule has 0 aromatic heterocycles. The molecule has 116 valence electrons. The number of rotatable bonds is 5. The van der Waals surface area contributed by atoms with E-state index in [1.807, 2.05) is 0 Å². The van der Waals surface area contributed by atoms with Gasteiger partial charge in [-0.3, -0.25) is 4.79 Å². The fraction of sp³-hybridized carbons (Fsp3) is 0.417. The third kappa shape index (κ3) is 4.09. The second-order valence-electron chi connectivity index (χ2n) is 4.78. The van der Waals surface area contributed by atoms with Gasteiger partial charge in [0, 0.05) is 17.6 Å². The molecule has 0 bridgehead atoms. The molecule has 0 radical (unpaired) electrons. The standard InChI is InChI=1S/C12H14BrClN2O4S/c1-16(8-2-3-8)11(17)6-20-12-9(14)4-7(13)5-10(12)21(15,18)19/h4-5,8H,2-3,6H2,1H3,(H2,15,18,19). The van der Waals surface area contributed by atoms with Gasteiger partial charge in [-0.1, -0.05) is 27.5 Å². The summed E-state index contributed by atoms with van der Waals surface area (Å²) in [6, 6.07) is 3.01. The fourth-order valence-electron chi connectivity index (χ4n) is 1.79. The van der Waals surface area contributed by atoms with Crippen LogP contribution in [0.4, 0.5) is 0 Å². The molecule has 1 aliphatic rings. The number of nitrogens with two attached hydrogens (primary N) is 1. The quantitative estimate of drug-likeness (QED) is 0.819. The van der Waals surface area contributed by atoms with Crippen LogP contribution in [0.1, 0.15) is 12.8 Å². The Morgan fingerprint density at radius 2 is 2.14 bits per heavy atom. The highest BCUT2D eigenvalue weighted by Gasteiger charge is 2.30. The van der Waals surface area contributed by atoms with Crippen molar-refractivity contribution in [3.63, 3.8) is 0 Å². The molecular weight excluding hydrogens is 384 g/mol. The SMILES string of the molecule is CN(C(=O)COc1c(Cl)cc(Br)cc1S(N)(=O)=O)C1CC1. The molecule has 1 aromatic carbocycles. The minimum absolute atomic E-state index is 0.0651. The molecular formula is C12H14BrClN2O4S. The van der Waals surface area contributed by atoms with Crippen molar-refractivity contribution >= 4 is 43.5 Å². The van der Waals surface area contributed by atoms with Gasteiger partial charge >= 0.3 is 0 Å². The molecule has 0 spiro atoms. The summed E-state index contributed by atoms with van der Waals surface area (Å²) in [4.78, 5) is 13.2. The predicted octanol–water partition coefficient (Wildman–Crippen LogP) is 1.75. The fourth-order valence-corrected chi connectivity index (χ4v) is 3.58. The summed E-state index contributed by atoms with van der Waals surface area (Å²) < 4.78 is 28.9. The molecule has 0 atom stereocenters. The van der Waals surface area contributed by atoms with Gasteiger partial charge in [-0.15, -0.1) is 0 Å². The van der Waals surface area contributed by atoms with Gasteiger partial charge in [0.2, 0.25) is 10.0 Å². The highest BCUT2D eigenvalue weighted by atomic mass is 79.9. The molecule has 1 saturated carbocycles. The van der Waals surface area contributed by atoms with Crippen molar-refractivity contribution < 1.29 is 17.9 Å². The maximum atomic E-state index is 11.9. The van der Waals surface area contributed by atoms with E-state index in [0.717, 1.165) is 12.8 Å². The van der Waals surface area contributed by atoms with Crippen LogP contribution >= 0.6 is 27.5 Å². The van der Waals surface area contributed by atoms with E-state index >= 15 is 0 Å². The Kier molecular flexibility index (Phi) is 4.82. The van der Waals surface area contributed by atoms with Crippen LogP contribution in [0.3, 0.4) is 0 Å². The Hall–Kier alpha value is -0.830. The molecule has 1 aromatic rings. The number of hydrogen-bond donors (Lipinski definition) is 1. The molecule has 0 unspecified atom stereocenters. The van der Waals surface area contributed by atoms with Crippen molar-refractivity contribution in [2.45, 2.75) is 23.8 Å². The Morgan fingerprint density at radius 1 is 1.52 bits per heavy atom. The summed E-state index contributed by atoms with van der Waals surface area (Å²) in [5.74, 6) is -0.350. The number of likely N-dealkylation sites (N-methyl/N-ethyl adjacent to an activating group) is 1. The molecule has 9 heteroatoms. The Balaban J connectivity index is 2.21. The second kappa shape index (κ2) is 6.12. The van der Waals surface area contributed by atoms with Crippen molar-refractivity contribution in [1.82, 2.24) is 4.90 Å². The van der Waals surface area contributed by atoms with Crippen LogP contribution in [-0.2, 0) is 14.8 Å². The molecule has 1 aliphatic carbocycles. The van der Waals surface area contributed by atoms with E-state index in [4.69, 9.17) is 21.5 Å². The van der Waals surface area contributed by atoms with Crippen LogP contribution in [-0.4, -0.2) is 38.9 Å². The van der Waals surface area contributed by atoms with Crippen LogP contribution in [0.25, 0.3) is 0 Å².